The van der Waals surface area contributed by atoms with Crippen LogP contribution in [0.15, 0.2) is 41.0 Å². The van der Waals surface area contributed by atoms with Crippen molar-refractivity contribution in [1.82, 2.24) is 10.2 Å². The van der Waals surface area contributed by atoms with E-state index in [9.17, 15) is 4.79 Å². The Morgan fingerprint density at radius 1 is 1.38 bits per heavy atom. The number of ether oxygens (including phenoxy) is 1. The second-order valence-electron chi connectivity index (χ2n) is 5.50. The summed E-state index contributed by atoms with van der Waals surface area (Å²) in [5.41, 5.74) is 0.912. The largest absolute Gasteiger partial charge is 0.484 e. The highest BCUT2D eigenvalue weighted by Crippen LogP contribution is 2.21. The highest BCUT2D eigenvalue weighted by atomic mass is 35.5. The van der Waals surface area contributed by atoms with E-state index in [1.807, 2.05) is 38.1 Å². The second kappa shape index (κ2) is 9.57. The molecule has 0 spiro atoms. The van der Waals surface area contributed by atoms with Crippen LogP contribution in [0.4, 0.5) is 0 Å². The SMILES string of the molecule is Cc1cc(OCC(=O)NCC(c2ccco2)N(C)C)ccc1Cl.Cl. The van der Waals surface area contributed by atoms with Gasteiger partial charge in [0.25, 0.3) is 5.91 Å². The van der Waals surface area contributed by atoms with E-state index in [0.29, 0.717) is 17.3 Å². The number of amides is 1. The topological polar surface area (TPSA) is 54.7 Å². The molecule has 0 fully saturated rings. The fraction of sp³-hybridized carbons (Fsp3) is 0.353. The van der Waals surface area contributed by atoms with Crippen LogP contribution in [0.1, 0.15) is 17.4 Å². The first kappa shape index (κ1) is 20.4. The van der Waals surface area contributed by atoms with Crippen molar-refractivity contribution in [3.63, 3.8) is 0 Å². The molecule has 0 bridgehead atoms. The lowest BCUT2D eigenvalue weighted by Crippen LogP contribution is -2.36. The molecule has 132 valence electrons. The summed E-state index contributed by atoms with van der Waals surface area (Å²) < 4.78 is 10.9. The van der Waals surface area contributed by atoms with Crippen molar-refractivity contribution in [2.75, 3.05) is 27.2 Å². The van der Waals surface area contributed by atoms with Gasteiger partial charge in [-0.15, -0.1) is 12.4 Å². The van der Waals surface area contributed by atoms with Gasteiger partial charge < -0.3 is 14.5 Å². The molecule has 1 aromatic heterocycles. The third-order valence-electron chi connectivity index (χ3n) is 3.49. The Labute approximate surface area is 153 Å². The molecule has 2 rings (SSSR count). The van der Waals surface area contributed by atoms with Crippen LogP contribution >= 0.6 is 24.0 Å². The molecular formula is C17H22Cl2N2O3. The number of hydrogen-bond donors (Lipinski definition) is 1. The first-order valence-electron chi connectivity index (χ1n) is 7.33. The van der Waals surface area contributed by atoms with Gasteiger partial charge in [-0.25, -0.2) is 0 Å². The Kier molecular flexibility index (Phi) is 8.11. The van der Waals surface area contributed by atoms with E-state index in [2.05, 4.69) is 5.32 Å². The zero-order valence-electron chi connectivity index (χ0n) is 13.9. The van der Waals surface area contributed by atoms with Crippen LogP contribution in [0.5, 0.6) is 5.75 Å². The zero-order valence-corrected chi connectivity index (χ0v) is 15.5. The molecule has 1 unspecified atom stereocenters. The summed E-state index contributed by atoms with van der Waals surface area (Å²) in [6.45, 7) is 2.29. The smallest absolute Gasteiger partial charge is 0.258 e. The molecule has 0 radical (unpaired) electrons. The molecule has 1 aromatic carbocycles. The predicted molar refractivity (Wildman–Crippen MR) is 97.1 cm³/mol. The average molecular weight is 373 g/mol. The van der Waals surface area contributed by atoms with Crippen molar-refractivity contribution < 1.29 is 13.9 Å². The molecule has 1 atom stereocenters. The number of aryl methyl sites for hydroxylation is 1. The summed E-state index contributed by atoms with van der Waals surface area (Å²) in [4.78, 5) is 13.9. The quantitative estimate of drug-likeness (QED) is 0.808. The minimum atomic E-state index is -0.184. The number of benzene rings is 1. The molecule has 0 aliphatic rings. The van der Waals surface area contributed by atoms with Crippen molar-refractivity contribution in [3.05, 3.63) is 52.9 Å². The first-order chi connectivity index (χ1) is 11.0. The number of furan rings is 1. The molecule has 24 heavy (non-hydrogen) atoms. The van der Waals surface area contributed by atoms with Gasteiger partial charge in [0.15, 0.2) is 6.61 Å². The van der Waals surface area contributed by atoms with Gasteiger partial charge in [0.1, 0.15) is 11.5 Å². The minimum Gasteiger partial charge on any atom is -0.484 e. The zero-order chi connectivity index (χ0) is 16.8. The van der Waals surface area contributed by atoms with Gasteiger partial charge in [0, 0.05) is 11.6 Å². The monoisotopic (exact) mass is 372 g/mol. The molecule has 2 aromatic rings. The van der Waals surface area contributed by atoms with Crippen LogP contribution in [0.2, 0.25) is 5.02 Å². The molecule has 0 saturated carbocycles. The Morgan fingerprint density at radius 2 is 2.12 bits per heavy atom. The molecule has 1 N–H and O–H groups in total. The van der Waals surface area contributed by atoms with Crippen LogP contribution in [0.3, 0.4) is 0 Å². The first-order valence-corrected chi connectivity index (χ1v) is 7.70. The van der Waals surface area contributed by atoms with Crippen molar-refractivity contribution in [1.29, 1.82) is 0 Å². The summed E-state index contributed by atoms with van der Waals surface area (Å²) in [6, 6.07) is 9.01. The molecule has 0 aliphatic heterocycles. The van der Waals surface area contributed by atoms with Crippen molar-refractivity contribution in [2.45, 2.75) is 13.0 Å². The lowest BCUT2D eigenvalue weighted by molar-refractivity contribution is -0.123. The fourth-order valence-electron chi connectivity index (χ4n) is 2.14. The number of hydrogen-bond acceptors (Lipinski definition) is 4. The summed E-state index contributed by atoms with van der Waals surface area (Å²) in [6.07, 6.45) is 1.62. The third-order valence-corrected chi connectivity index (χ3v) is 3.91. The molecule has 1 heterocycles. The number of nitrogens with zero attached hydrogens (tertiary/aromatic N) is 1. The van der Waals surface area contributed by atoms with Crippen LogP contribution in [-0.2, 0) is 4.79 Å². The molecule has 0 saturated heterocycles. The maximum Gasteiger partial charge on any atom is 0.258 e. The van der Waals surface area contributed by atoms with Gasteiger partial charge >= 0.3 is 0 Å². The van der Waals surface area contributed by atoms with Gasteiger partial charge in [0.2, 0.25) is 0 Å². The van der Waals surface area contributed by atoms with Crippen molar-refractivity contribution in [2.24, 2.45) is 0 Å². The van der Waals surface area contributed by atoms with Crippen LogP contribution in [0, 0.1) is 6.92 Å². The second-order valence-corrected chi connectivity index (χ2v) is 5.91. The molecular weight excluding hydrogens is 351 g/mol. The van der Waals surface area contributed by atoms with E-state index >= 15 is 0 Å². The lowest BCUT2D eigenvalue weighted by Gasteiger charge is -2.22. The van der Waals surface area contributed by atoms with Gasteiger partial charge in [-0.05, 0) is 56.9 Å². The van der Waals surface area contributed by atoms with E-state index in [1.54, 1.807) is 24.5 Å². The molecule has 7 heteroatoms. The Bertz CT molecular complexity index is 645. The minimum absolute atomic E-state index is 0. The Hall–Kier alpha value is -1.69. The Morgan fingerprint density at radius 3 is 2.71 bits per heavy atom. The summed E-state index contributed by atoms with van der Waals surface area (Å²) in [5, 5.41) is 3.53. The Balaban J connectivity index is 0.00000288. The summed E-state index contributed by atoms with van der Waals surface area (Å²) >= 11 is 5.96. The maximum absolute atomic E-state index is 12.0. The molecule has 1 amide bonds. The van der Waals surface area contributed by atoms with Crippen LogP contribution in [-0.4, -0.2) is 38.1 Å². The highest BCUT2D eigenvalue weighted by molar-refractivity contribution is 6.31. The number of likely N-dealkylation sites (N-methyl/N-ethyl adjacent to an activating group) is 1. The van der Waals surface area contributed by atoms with Gasteiger partial charge in [-0.2, -0.15) is 0 Å². The van der Waals surface area contributed by atoms with E-state index < -0.39 is 0 Å². The number of rotatable bonds is 7. The van der Waals surface area contributed by atoms with Gasteiger partial charge in [-0.3, -0.25) is 9.69 Å². The predicted octanol–water partition coefficient (Wildman–Crippen LogP) is 3.46. The van der Waals surface area contributed by atoms with Crippen molar-refractivity contribution >= 4 is 29.9 Å². The van der Waals surface area contributed by atoms with Crippen LogP contribution in [0.25, 0.3) is 0 Å². The summed E-state index contributed by atoms with van der Waals surface area (Å²) in [7, 11) is 3.87. The summed E-state index contributed by atoms with van der Waals surface area (Å²) in [5.74, 6) is 1.25. The number of carbonyl (C=O) groups excluding carboxylic acids is 1. The third kappa shape index (κ3) is 5.74. The fourth-order valence-corrected chi connectivity index (χ4v) is 2.25. The van der Waals surface area contributed by atoms with Gasteiger partial charge in [0.05, 0.1) is 12.3 Å². The van der Waals surface area contributed by atoms with Gasteiger partial charge in [-0.1, -0.05) is 11.6 Å². The number of carbonyl (C=O) groups is 1. The lowest BCUT2D eigenvalue weighted by atomic mass is 10.2. The van der Waals surface area contributed by atoms with Crippen LogP contribution < -0.4 is 10.1 Å². The van der Waals surface area contributed by atoms with Crippen molar-refractivity contribution in [3.8, 4) is 5.75 Å². The van der Waals surface area contributed by atoms with E-state index in [1.165, 1.54) is 0 Å². The highest BCUT2D eigenvalue weighted by Gasteiger charge is 2.17. The standard InChI is InChI=1S/C17H21ClN2O3.ClH/c1-12-9-13(6-7-14(12)18)23-11-17(21)19-10-15(20(2)3)16-5-4-8-22-16;/h4-9,15H,10-11H2,1-3H3,(H,19,21);1H. The normalized spacial score (nSPS) is 11.7. The maximum atomic E-state index is 12.0. The molecule has 0 aliphatic carbocycles. The number of halogens is 2. The number of nitrogens with one attached hydrogen (secondary N) is 1. The van der Waals surface area contributed by atoms with E-state index in [4.69, 9.17) is 20.8 Å². The van der Waals surface area contributed by atoms with E-state index in [-0.39, 0.29) is 31.0 Å². The average Bonchev–Trinajstić information content (AvgIpc) is 3.02. The molecule has 5 nitrogen and oxygen atoms in total. The van der Waals surface area contributed by atoms with E-state index in [0.717, 1.165) is 11.3 Å².